The summed E-state index contributed by atoms with van der Waals surface area (Å²) in [7, 11) is 1.64. The lowest BCUT2D eigenvalue weighted by atomic mass is 9.84. The zero-order valence-electron chi connectivity index (χ0n) is 19.2. The van der Waals surface area contributed by atoms with Crippen LogP contribution in [0, 0.1) is 5.92 Å². The SMILES string of the molecule is C=CCN(CC(=O)N1CCN(c2ccc(-c3cccc(OC)c3)nn2)CC1)C(=O)C1CCC1. The maximum absolute atomic E-state index is 12.9. The molecule has 1 aromatic carbocycles. The van der Waals surface area contributed by atoms with Gasteiger partial charge in [0.1, 0.15) is 12.3 Å². The van der Waals surface area contributed by atoms with Crippen molar-refractivity contribution >= 4 is 17.6 Å². The molecule has 0 radical (unpaired) electrons. The molecule has 2 amide bonds. The highest BCUT2D eigenvalue weighted by molar-refractivity contribution is 5.86. The molecule has 2 aliphatic rings. The molecule has 2 fully saturated rings. The van der Waals surface area contributed by atoms with E-state index in [1.807, 2.05) is 41.3 Å². The molecular weight excluding hydrogens is 418 g/mol. The molecule has 0 bridgehead atoms. The lowest BCUT2D eigenvalue weighted by Gasteiger charge is -2.37. The van der Waals surface area contributed by atoms with Gasteiger partial charge in [-0.25, -0.2) is 0 Å². The van der Waals surface area contributed by atoms with Crippen molar-refractivity contribution in [1.82, 2.24) is 20.0 Å². The Morgan fingerprint density at radius 2 is 1.94 bits per heavy atom. The van der Waals surface area contributed by atoms with Gasteiger partial charge >= 0.3 is 0 Å². The van der Waals surface area contributed by atoms with Gasteiger partial charge in [-0.1, -0.05) is 24.6 Å². The summed E-state index contributed by atoms with van der Waals surface area (Å²) in [4.78, 5) is 31.1. The zero-order valence-corrected chi connectivity index (χ0v) is 19.2. The molecule has 1 aliphatic carbocycles. The number of methoxy groups -OCH3 is 1. The number of carbonyl (C=O) groups is 2. The molecule has 1 saturated heterocycles. The smallest absolute Gasteiger partial charge is 0.242 e. The van der Waals surface area contributed by atoms with Crippen molar-refractivity contribution in [1.29, 1.82) is 0 Å². The molecule has 0 spiro atoms. The number of nitrogens with zero attached hydrogens (tertiary/aromatic N) is 5. The monoisotopic (exact) mass is 449 g/mol. The minimum atomic E-state index is -0.0105. The molecule has 174 valence electrons. The highest BCUT2D eigenvalue weighted by Crippen LogP contribution is 2.28. The first-order valence-corrected chi connectivity index (χ1v) is 11.5. The minimum Gasteiger partial charge on any atom is -0.497 e. The Hall–Kier alpha value is -3.42. The molecule has 0 atom stereocenters. The van der Waals surface area contributed by atoms with E-state index in [0.29, 0.717) is 32.7 Å². The number of anilines is 1. The Labute approximate surface area is 194 Å². The summed E-state index contributed by atoms with van der Waals surface area (Å²) in [6.45, 7) is 6.82. The van der Waals surface area contributed by atoms with Crippen LogP contribution in [0.25, 0.3) is 11.3 Å². The first-order valence-electron chi connectivity index (χ1n) is 11.5. The molecule has 1 aliphatic heterocycles. The molecule has 4 rings (SSSR count). The second-order valence-corrected chi connectivity index (χ2v) is 8.51. The number of hydrogen-bond donors (Lipinski definition) is 0. The molecule has 2 heterocycles. The second-order valence-electron chi connectivity index (χ2n) is 8.51. The average molecular weight is 450 g/mol. The summed E-state index contributed by atoms with van der Waals surface area (Å²) in [6, 6.07) is 11.6. The van der Waals surface area contributed by atoms with E-state index in [-0.39, 0.29) is 24.3 Å². The molecule has 0 unspecified atom stereocenters. The Morgan fingerprint density at radius 1 is 1.15 bits per heavy atom. The second kappa shape index (κ2) is 10.5. The van der Waals surface area contributed by atoms with Gasteiger partial charge in [-0.05, 0) is 37.1 Å². The van der Waals surface area contributed by atoms with Gasteiger partial charge in [0, 0.05) is 44.2 Å². The fourth-order valence-corrected chi connectivity index (χ4v) is 4.18. The number of carbonyl (C=O) groups excluding carboxylic acids is 2. The summed E-state index contributed by atoms with van der Waals surface area (Å²) in [5.74, 6) is 1.72. The van der Waals surface area contributed by atoms with Crippen molar-refractivity contribution in [3.05, 3.63) is 49.1 Å². The Bertz CT molecular complexity index is 982. The maximum Gasteiger partial charge on any atom is 0.242 e. The third-order valence-electron chi connectivity index (χ3n) is 6.41. The van der Waals surface area contributed by atoms with E-state index in [1.165, 1.54) is 0 Å². The van der Waals surface area contributed by atoms with Crippen molar-refractivity contribution in [3.63, 3.8) is 0 Å². The van der Waals surface area contributed by atoms with E-state index >= 15 is 0 Å². The van der Waals surface area contributed by atoms with E-state index in [4.69, 9.17) is 4.74 Å². The van der Waals surface area contributed by atoms with Crippen molar-refractivity contribution in [2.24, 2.45) is 5.92 Å². The summed E-state index contributed by atoms with van der Waals surface area (Å²) < 4.78 is 5.28. The summed E-state index contributed by atoms with van der Waals surface area (Å²) >= 11 is 0. The highest BCUT2D eigenvalue weighted by Gasteiger charge is 2.31. The number of ether oxygens (including phenoxy) is 1. The molecular formula is C25H31N5O3. The van der Waals surface area contributed by atoms with Crippen molar-refractivity contribution in [2.45, 2.75) is 19.3 Å². The van der Waals surface area contributed by atoms with Crippen molar-refractivity contribution in [2.75, 3.05) is 51.3 Å². The van der Waals surface area contributed by atoms with Gasteiger partial charge in [-0.15, -0.1) is 16.8 Å². The predicted molar refractivity (Wildman–Crippen MR) is 127 cm³/mol. The van der Waals surface area contributed by atoms with Crippen molar-refractivity contribution in [3.8, 4) is 17.0 Å². The van der Waals surface area contributed by atoms with Gasteiger partial charge in [0.2, 0.25) is 11.8 Å². The predicted octanol–water partition coefficient (Wildman–Crippen LogP) is 2.62. The van der Waals surface area contributed by atoms with Gasteiger partial charge in [0.15, 0.2) is 5.82 Å². The van der Waals surface area contributed by atoms with Crippen LogP contribution >= 0.6 is 0 Å². The average Bonchev–Trinajstić information content (AvgIpc) is 2.83. The quantitative estimate of drug-likeness (QED) is 0.577. The molecule has 1 saturated carbocycles. The lowest BCUT2D eigenvalue weighted by molar-refractivity contribution is -0.144. The van der Waals surface area contributed by atoms with Crippen LogP contribution in [0.3, 0.4) is 0 Å². The fraction of sp³-hybridized carbons (Fsp3) is 0.440. The van der Waals surface area contributed by atoms with Gasteiger partial charge < -0.3 is 19.4 Å². The van der Waals surface area contributed by atoms with E-state index in [2.05, 4.69) is 21.7 Å². The van der Waals surface area contributed by atoms with E-state index in [1.54, 1.807) is 18.1 Å². The molecule has 8 heteroatoms. The van der Waals surface area contributed by atoms with Crippen LogP contribution in [-0.2, 0) is 9.59 Å². The van der Waals surface area contributed by atoms with Gasteiger partial charge in [-0.3, -0.25) is 9.59 Å². The van der Waals surface area contributed by atoms with Crippen LogP contribution in [0.5, 0.6) is 5.75 Å². The molecule has 1 aromatic heterocycles. The molecule has 2 aromatic rings. The van der Waals surface area contributed by atoms with E-state index in [9.17, 15) is 9.59 Å². The van der Waals surface area contributed by atoms with Crippen LogP contribution in [0.4, 0.5) is 5.82 Å². The van der Waals surface area contributed by atoms with Crippen LogP contribution in [0.2, 0.25) is 0 Å². The Kier molecular flexibility index (Phi) is 7.22. The number of hydrogen-bond acceptors (Lipinski definition) is 6. The minimum absolute atomic E-state index is 0.0105. The third kappa shape index (κ3) is 5.32. The third-order valence-corrected chi connectivity index (χ3v) is 6.41. The van der Waals surface area contributed by atoms with Crippen LogP contribution in [0.15, 0.2) is 49.1 Å². The standard InChI is InChI=1S/C25H31N5O3/c1-3-12-30(25(32)19-6-4-7-19)18-24(31)29-15-13-28(14-16-29)23-11-10-22(26-27-23)20-8-5-9-21(17-20)33-2/h3,5,8-11,17,19H,1,4,6-7,12-16,18H2,2H3. The topological polar surface area (TPSA) is 78.9 Å². The van der Waals surface area contributed by atoms with E-state index < -0.39 is 0 Å². The first-order chi connectivity index (χ1) is 16.1. The number of benzene rings is 1. The highest BCUT2D eigenvalue weighted by atomic mass is 16.5. The Balaban J connectivity index is 1.32. The van der Waals surface area contributed by atoms with Crippen LogP contribution < -0.4 is 9.64 Å². The normalized spacial score (nSPS) is 16.2. The first kappa shape index (κ1) is 22.8. The number of piperazine rings is 1. The maximum atomic E-state index is 12.9. The largest absolute Gasteiger partial charge is 0.497 e. The van der Waals surface area contributed by atoms with E-state index in [0.717, 1.165) is 42.1 Å². The Morgan fingerprint density at radius 3 is 2.55 bits per heavy atom. The summed E-state index contributed by atoms with van der Waals surface area (Å²) in [5.41, 5.74) is 1.73. The molecule has 0 N–H and O–H groups in total. The number of rotatable bonds is 8. The fourth-order valence-electron chi connectivity index (χ4n) is 4.18. The van der Waals surface area contributed by atoms with Crippen molar-refractivity contribution < 1.29 is 14.3 Å². The number of aromatic nitrogens is 2. The van der Waals surface area contributed by atoms with Gasteiger partial charge in [-0.2, -0.15) is 0 Å². The zero-order chi connectivity index (χ0) is 23.2. The number of amides is 2. The molecule has 8 nitrogen and oxygen atoms in total. The summed E-state index contributed by atoms with van der Waals surface area (Å²) in [6.07, 6.45) is 4.64. The van der Waals surface area contributed by atoms with Crippen LogP contribution in [-0.4, -0.2) is 78.2 Å². The molecule has 33 heavy (non-hydrogen) atoms. The lowest BCUT2D eigenvalue weighted by Crippen LogP contribution is -2.52. The van der Waals surface area contributed by atoms with Gasteiger partial charge in [0.05, 0.1) is 12.8 Å². The van der Waals surface area contributed by atoms with Gasteiger partial charge in [0.25, 0.3) is 0 Å². The van der Waals surface area contributed by atoms with Crippen LogP contribution in [0.1, 0.15) is 19.3 Å². The summed E-state index contributed by atoms with van der Waals surface area (Å²) in [5, 5.41) is 8.78.